The van der Waals surface area contributed by atoms with Crippen molar-refractivity contribution in [3.63, 3.8) is 0 Å². The fourth-order valence-corrected chi connectivity index (χ4v) is 1.94. The second-order valence-electron chi connectivity index (χ2n) is 3.74. The molecule has 0 radical (unpaired) electrons. The molecule has 1 aromatic heterocycles. The number of hydrogen-bond acceptors (Lipinski definition) is 6. The minimum atomic E-state index is -0.931. The molecule has 0 fully saturated rings. The highest BCUT2D eigenvalue weighted by Gasteiger charge is 2.09. The summed E-state index contributed by atoms with van der Waals surface area (Å²) in [6, 6.07) is 5.16. The molecule has 0 aliphatic carbocycles. The molecule has 0 bridgehead atoms. The summed E-state index contributed by atoms with van der Waals surface area (Å²) in [6.45, 7) is 1.79. The number of aryl methyl sites for hydroxylation is 1. The largest absolute Gasteiger partial charge is 0.481 e. The molecular formula is C11H10N4O3S. The van der Waals surface area contributed by atoms with E-state index in [0.717, 1.165) is 17.3 Å². The van der Waals surface area contributed by atoms with Crippen molar-refractivity contribution < 1.29 is 9.90 Å². The Balaban J connectivity index is 2.22. The predicted octanol–water partition coefficient (Wildman–Crippen LogP) is 2.35. The van der Waals surface area contributed by atoms with Crippen LogP contribution in [0.5, 0.6) is 0 Å². The molecule has 0 saturated carbocycles. The van der Waals surface area contributed by atoms with Gasteiger partial charge in [0.2, 0.25) is 5.16 Å². The third-order valence-electron chi connectivity index (χ3n) is 2.37. The summed E-state index contributed by atoms with van der Waals surface area (Å²) in [7, 11) is 0. The Morgan fingerprint density at radius 3 is 3.00 bits per heavy atom. The zero-order valence-corrected chi connectivity index (χ0v) is 10.8. The number of rotatable bonds is 5. The zero-order chi connectivity index (χ0) is 13.8. The second-order valence-corrected chi connectivity index (χ2v) is 4.68. The van der Waals surface area contributed by atoms with Gasteiger partial charge in [0.05, 0.1) is 5.75 Å². The normalized spacial score (nSPS) is 10.4. The summed E-state index contributed by atoms with van der Waals surface area (Å²) in [4.78, 5) is 25.2. The van der Waals surface area contributed by atoms with Crippen LogP contribution in [0, 0.1) is 11.8 Å². The Morgan fingerprint density at radius 2 is 2.32 bits per heavy atom. The van der Waals surface area contributed by atoms with E-state index in [2.05, 4.69) is 20.4 Å². The van der Waals surface area contributed by atoms with Crippen LogP contribution < -0.4 is 0 Å². The van der Waals surface area contributed by atoms with Crippen LogP contribution in [0.2, 0.25) is 0 Å². The molecular weight excluding hydrogens is 268 g/mol. The maximum Gasteiger partial charge on any atom is 0.313 e. The molecule has 2 aromatic rings. The Hall–Kier alpha value is -2.22. The molecule has 7 nitrogen and oxygen atoms in total. The topological polar surface area (TPSA) is 108 Å². The standard InChI is InChI=1S/C11H10N4O3S/c1-6-2-3-7(4-8(6)15-18)10-12-11(14-13-10)19-5-9(16)17/h2-4H,5H2,1H3,(H,16,17)(H,12,13,14). The van der Waals surface area contributed by atoms with Crippen molar-refractivity contribution >= 4 is 23.4 Å². The van der Waals surface area contributed by atoms with Crippen LogP contribution in [0.3, 0.4) is 0 Å². The zero-order valence-electron chi connectivity index (χ0n) is 9.95. The number of aromatic nitrogens is 3. The molecule has 2 rings (SSSR count). The molecule has 19 heavy (non-hydrogen) atoms. The number of aromatic amines is 1. The Labute approximate surface area is 112 Å². The summed E-state index contributed by atoms with van der Waals surface area (Å²) in [6.07, 6.45) is 0. The summed E-state index contributed by atoms with van der Waals surface area (Å²) in [5, 5.41) is 18.4. The number of nitroso groups, excluding NO2 is 1. The predicted molar refractivity (Wildman–Crippen MR) is 70.4 cm³/mol. The number of carboxylic acid groups (broad SMARTS) is 1. The quantitative estimate of drug-likeness (QED) is 0.642. The molecule has 0 atom stereocenters. The van der Waals surface area contributed by atoms with Crippen molar-refractivity contribution in [3.05, 3.63) is 28.7 Å². The van der Waals surface area contributed by atoms with E-state index < -0.39 is 5.97 Å². The van der Waals surface area contributed by atoms with Crippen LogP contribution in [0.1, 0.15) is 5.56 Å². The molecule has 1 aromatic carbocycles. The number of nitrogens with zero attached hydrogens (tertiary/aromatic N) is 3. The van der Waals surface area contributed by atoms with Gasteiger partial charge in [0.15, 0.2) is 5.82 Å². The Morgan fingerprint density at radius 1 is 1.53 bits per heavy atom. The maximum atomic E-state index is 10.6. The SMILES string of the molecule is Cc1ccc(-c2nc(SCC(=O)O)n[nH]2)cc1N=O. The van der Waals surface area contributed by atoms with Gasteiger partial charge in [-0.1, -0.05) is 23.9 Å². The first-order valence-corrected chi connectivity index (χ1v) is 6.30. The number of nitrogens with one attached hydrogen (secondary N) is 1. The average molecular weight is 278 g/mol. The van der Waals surface area contributed by atoms with Crippen molar-refractivity contribution in [2.45, 2.75) is 12.1 Å². The van der Waals surface area contributed by atoms with Gasteiger partial charge in [-0.05, 0) is 23.7 Å². The number of aliphatic carboxylic acids is 1. The van der Waals surface area contributed by atoms with Crippen molar-refractivity contribution in [2.24, 2.45) is 5.18 Å². The minimum absolute atomic E-state index is 0.105. The number of carboxylic acids is 1. The fraction of sp³-hybridized carbons (Fsp3) is 0.182. The van der Waals surface area contributed by atoms with Gasteiger partial charge >= 0.3 is 5.97 Å². The van der Waals surface area contributed by atoms with Crippen molar-refractivity contribution in [1.29, 1.82) is 0 Å². The Kier molecular flexibility index (Phi) is 3.91. The lowest BCUT2D eigenvalue weighted by molar-refractivity contribution is -0.133. The summed E-state index contributed by atoms with van der Waals surface area (Å²) < 4.78 is 0. The van der Waals surface area contributed by atoms with E-state index in [9.17, 15) is 9.70 Å². The summed E-state index contributed by atoms with van der Waals surface area (Å²) in [5.74, 6) is -0.566. The molecule has 0 amide bonds. The fourth-order valence-electron chi connectivity index (χ4n) is 1.42. The van der Waals surface area contributed by atoms with E-state index in [0.29, 0.717) is 22.2 Å². The summed E-state index contributed by atoms with van der Waals surface area (Å²) >= 11 is 1.02. The molecule has 0 saturated heterocycles. The first-order valence-electron chi connectivity index (χ1n) is 5.31. The van der Waals surface area contributed by atoms with Gasteiger partial charge in [-0.2, -0.15) is 0 Å². The van der Waals surface area contributed by atoms with Crippen molar-refractivity contribution in [2.75, 3.05) is 5.75 Å². The van der Waals surface area contributed by atoms with E-state index >= 15 is 0 Å². The van der Waals surface area contributed by atoms with Gasteiger partial charge < -0.3 is 5.11 Å². The third-order valence-corrected chi connectivity index (χ3v) is 3.20. The van der Waals surface area contributed by atoms with Crippen LogP contribution in [-0.2, 0) is 4.79 Å². The first kappa shape index (κ1) is 13.2. The number of hydrogen-bond donors (Lipinski definition) is 2. The highest BCUT2D eigenvalue weighted by Crippen LogP contribution is 2.26. The highest BCUT2D eigenvalue weighted by atomic mass is 32.2. The van der Waals surface area contributed by atoms with E-state index in [-0.39, 0.29) is 5.75 Å². The first-order chi connectivity index (χ1) is 9.10. The molecule has 8 heteroatoms. The lowest BCUT2D eigenvalue weighted by Crippen LogP contribution is -1.97. The number of carbonyl (C=O) groups is 1. The molecule has 0 spiro atoms. The highest BCUT2D eigenvalue weighted by molar-refractivity contribution is 7.99. The number of benzene rings is 1. The van der Waals surface area contributed by atoms with Gasteiger partial charge in [-0.25, -0.2) is 4.98 Å². The lowest BCUT2D eigenvalue weighted by atomic mass is 10.1. The minimum Gasteiger partial charge on any atom is -0.481 e. The van der Waals surface area contributed by atoms with Crippen molar-refractivity contribution in [3.8, 4) is 11.4 Å². The van der Waals surface area contributed by atoms with Crippen molar-refractivity contribution in [1.82, 2.24) is 15.2 Å². The average Bonchev–Trinajstić information content (AvgIpc) is 2.86. The number of H-pyrrole nitrogens is 1. The van der Waals surface area contributed by atoms with Crippen LogP contribution in [0.25, 0.3) is 11.4 Å². The monoisotopic (exact) mass is 278 g/mol. The van der Waals surface area contributed by atoms with E-state index in [1.165, 1.54) is 0 Å². The van der Waals surface area contributed by atoms with Crippen LogP contribution >= 0.6 is 11.8 Å². The second kappa shape index (κ2) is 5.61. The van der Waals surface area contributed by atoms with Gasteiger partial charge in [-0.15, -0.1) is 10.0 Å². The van der Waals surface area contributed by atoms with E-state index in [4.69, 9.17) is 5.11 Å². The van der Waals surface area contributed by atoms with E-state index in [1.54, 1.807) is 25.1 Å². The molecule has 0 aliphatic heterocycles. The smallest absolute Gasteiger partial charge is 0.313 e. The third kappa shape index (κ3) is 3.16. The summed E-state index contributed by atoms with van der Waals surface area (Å²) in [5.41, 5.74) is 1.79. The maximum absolute atomic E-state index is 10.6. The molecule has 98 valence electrons. The molecule has 1 heterocycles. The molecule has 0 aliphatic rings. The van der Waals surface area contributed by atoms with Gasteiger partial charge in [0, 0.05) is 5.56 Å². The van der Waals surface area contributed by atoms with Crippen LogP contribution in [0.4, 0.5) is 5.69 Å². The lowest BCUT2D eigenvalue weighted by Gasteiger charge is -1.99. The van der Waals surface area contributed by atoms with Gasteiger partial charge in [-0.3, -0.25) is 9.89 Å². The Bertz CT molecular complexity index is 626. The molecule has 0 unspecified atom stereocenters. The van der Waals surface area contributed by atoms with Crippen LogP contribution in [0.15, 0.2) is 28.5 Å². The van der Waals surface area contributed by atoms with Gasteiger partial charge in [0.1, 0.15) is 5.69 Å². The number of thioether (sulfide) groups is 1. The van der Waals surface area contributed by atoms with Gasteiger partial charge in [0.25, 0.3) is 0 Å². The van der Waals surface area contributed by atoms with Crippen LogP contribution in [-0.4, -0.2) is 32.0 Å². The van der Waals surface area contributed by atoms with E-state index in [1.807, 2.05) is 0 Å². The molecule has 2 N–H and O–H groups in total.